The summed E-state index contributed by atoms with van der Waals surface area (Å²) in [6.07, 6.45) is 0. The van der Waals surface area contributed by atoms with E-state index >= 15 is 0 Å². The van der Waals surface area contributed by atoms with E-state index in [1.54, 1.807) is 18.1 Å². The van der Waals surface area contributed by atoms with Gasteiger partial charge in [-0.2, -0.15) is 4.31 Å². The third-order valence-electron chi connectivity index (χ3n) is 4.58. The zero-order valence-corrected chi connectivity index (χ0v) is 16.3. The van der Waals surface area contributed by atoms with Crippen molar-refractivity contribution in [1.82, 2.24) is 9.21 Å². The van der Waals surface area contributed by atoms with Gasteiger partial charge in [0.25, 0.3) is 0 Å². The van der Waals surface area contributed by atoms with E-state index < -0.39 is 15.8 Å². The molecular formula is C19H22FN3O4S. The zero-order chi connectivity index (χ0) is 20.1. The van der Waals surface area contributed by atoms with E-state index in [0.29, 0.717) is 11.4 Å². The number of methoxy groups -OCH3 is 1. The summed E-state index contributed by atoms with van der Waals surface area (Å²) in [4.78, 5) is 13.7. The summed E-state index contributed by atoms with van der Waals surface area (Å²) in [5, 5.41) is 3.04. The number of carbonyl (C=O) groups is 1. The van der Waals surface area contributed by atoms with Crippen LogP contribution in [0.3, 0.4) is 0 Å². The number of anilines is 1. The Kier molecular flexibility index (Phi) is 6.15. The third-order valence-corrected chi connectivity index (χ3v) is 6.51. The summed E-state index contributed by atoms with van der Waals surface area (Å²) in [6.45, 7) is 0.814. The number of halogens is 1. The third kappa shape index (κ3) is 4.26. The summed E-state index contributed by atoms with van der Waals surface area (Å²) in [5.41, 5.74) is 0.708. The van der Waals surface area contributed by atoms with Crippen LogP contribution in [0.15, 0.2) is 53.4 Å². The highest BCUT2D eigenvalue weighted by Crippen LogP contribution is 2.23. The number of piperazine rings is 1. The SMILES string of the molecule is COc1ccccc1NCC(=O)N1CCN(S(=O)(=O)c2ccccc2F)CC1. The van der Waals surface area contributed by atoms with Gasteiger partial charge in [-0.15, -0.1) is 0 Å². The molecule has 0 bridgehead atoms. The maximum Gasteiger partial charge on any atom is 0.246 e. The fourth-order valence-corrected chi connectivity index (χ4v) is 4.53. The van der Waals surface area contributed by atoms with E-state index in [0.717, 1.165) is 6.07 Å². The fraction of sp³-hybridized carbons (Fsp3) is 0.316. The second-order valence-corrected chi connectivity index (χ2v) is 8.18. The van der Waals surface area contributed by atoms with Crippen LogP contribution in [0.25, 0.3) is 0 Å². The average Bonchev–Trinajstić information content (AvgIpc) is 2.72. The first-order valence-electron chi connectivity index (χ1n) is 8.83. The Morgan fingerprint density at radius 3 is 2.39 bits per heavy atom. The Balaban J connectivity index is 1.58. The quantitative estimate of drug-likeness (QED) is 0.790. The first-order valence-corrected chi connectivity index (χ1v) is 10.3. The molecule has 1 amide bonds. The molecule has 1 aliphatic heterocycles. The molecule has 1 fully saturated rings. The van der Waals surface area contributed by atoms with E-state index in [2.05, 4.69) is 5.32 Å². The summed E-state index contributed by atoms with van der Waals surface area (Å²) < 4.78 is 45.6. The Morgan fingerprint density at radius 1 is 1.07 bits per heavy atom. The van der Waals surface area contributed by atoms with E-state index in [-0.39, 0.29) is 43.5 Å². The van der Waals surface area contributed by atoms with Crippen LogP contribution in [0.4, 0.5) is 10.1 Å². The number of amides is 1. The van der Waals surface area contributed by atoms with Gasteiger partial charge in [0.15, 0.2) is 0 Å². The van der Waals surface area contributed by atoms with Crippen molar-refractivity contribution in [3.05, 3.63) is 54.3 Å². The van der Waals surface area contributed by atoms with Crippen LogP contribution in [0.2, 0.25) is 0 Å². The molecule has 1 saturated heterocycles. The lowest BCUT2D eigenvalue weighted by Crippen LogP contribution is -2.51. The minimum absolute atomic E-state index is 0.0699. The topological polar surface area (TPSA) is 79.0 Å². The molecule has 2 aromatic rings. The number of benzene rings is 2. The number of hydrogen-bond donors (Lipinski definition) is 1. The summed E-state index contributed by atoms with van der Waals surface area (Å²) >= 11 is 0. The van der Waals surface area contributed by atoms with Crippen LogP contribution in [0.5, 0.6) is 5.75 Å². The van der Waals surface area contributed by atoms with Crippen molar-refractivity contribution >= 4 is 21.6 Å². The van der Waals surface area contributed by atoms with Gasteiger partial charge >= 0.3 is 0 Å². The Labute approximate surface area is 163 Å². The fourth-order valence-electron chi connectivity index (χ4n) is 3.04. The van der Waals surface area contributed by atoms with E-state index in [1.807, 2.05) is 18.2 Å². The number of para-hydroxylation sites is 2. The minimum Gasteiger partial charge on any atom is -0.495 e. The van der Waals surface area contributed by atoms with Crippen molar-refractivity contribution in [2.45, 2.75) is 4.90 Å². The van der Waals surface area contributed by atoms with Crippen molar-refractivity contribution in [2.24, 2.45) is 0 Å². The molecule has 0 atom stereocenters. The lowest BCUT2D eigenvalue weighted by Gasteiger charge is -2.34. The molecule has 3 rings (SSSR count). The first-order chi connectivity index (χ1) is 13.4. The van der Waals surface area contributed by atoms with Crippen molar-refractivity contribution < 1.29 is 22.3 Å². The van der Waals surface area contributed by atoms with Crippen LogP contribution in [0, 0.1) is 5.82 Å². The predicted octanol–water partition coefficient (Wildman–Crippen LogP) is 1.78. The molecule has 28 heavy (non-hydrogen) atoms. The van der Waals surface area contributed by atoms with Gasteiger partial charge in [0.2, 0.25) is 15.9 Å². The van der Waals surface area contributed by atoms with Crippen LogP contribution in [-0.4, -0.2) is 63.4 Å². The molecule has 0 radical (unpaired) electrons. The van der Waals surface area contributed by atoms with Gasteiger partial charge in [-0.3, -0.25) is 4.79 Å². The average molecular weight is 407 g/mol. The second-order valence-electron chi connectivity index (χ2n) is 6.27. The number of ether oxygens (including phenoxy) is 1. The minimum atomic E-state index is -3.92. The van der Waals surface area contributed by atoms with Gasteiger partial charge in [-0.05, 0) is 24.3 Å². The molecule has 0 aromatic heterocycles. The summed E-state index contributed by atoms with van der Waals surface area (Å²) in [7, 11) is -2.36. The molecule has 1 aliphatic rings. The number of sulfonamides is 1. The molecule has 0 saturated carbocycles. The molecule has 1 heterocycles. The van der Waals surface area contributed by atoms with Crippen molar-refractivity contribution in [3.8, 4) is 5.75 Å². The predicted molar refractivity (Wildman–Crippen MR) is 103 cm³/mol. The number of hydrogen-bond acceptors (Lipinski definition) is 5. The highest BCUT2D eigenvalue weighted by atomic mass is 32.2. The Morgan fingerprint density at radius 2 is 1.71 bits per heavy atom. The zero-order valence-electron chi connectivity index (χ0n) is 15.5. The second kappa shape index (κ2) is 8.57. The van der Waals surface area contributed by atoms with E-state index in [1.165, 1.54) is 22.5 Å². The number of rotatable bonds is 6. The maximum atomic E-state index is 13.9. The lowest BCUT2D eigenvalue weighted by molar-refractivity contribution is -0.130. The number of nitrogens with zero attached hydrogens (tertiary/aromatic N) is 2. The largest absolute Gasteiger partial charge is 0.495 e. The normalized spacial score (nSPS) is 15.3. The smallest absolute Gasteiger partial charge is 0.246 e. The number of nitrogens with one attached hydrogen (secondary N) is 1. The van der Waals surface area contributed by atoms with Gasteiger partial charge in [-0.25, -0.2) is 12.8 Å². The molecule has 1 N–H and O–H groups in total. The molecule has 2 aromatic carbocycles. The summed E-state index contributed by atoms with van der Waals surface area (Å²) in [6, 6.07) is 12.6. The standard InChI is InChI=1S/C19H22FN3O4S/c1-27-17-8-4-3-7-16(17)21-14-19(24)22-10-12-23(13-11-22)28(25,26)18-9-5-2-6-15(18)20/h2-9,21H,10-14H2,1H3. The van der Waals surface area contributed by atoms with Gasteiger partial charge in [0, 0.05) is 26.2 Å². The molecule has 0 aliphatic carbocycles. The Bertz CT molecular complexity index is 944. The highest BCUT2D eigenvalue weighted by molar-refractivity contribution is 7.89. The molecule has 0 unspecified atom stereocenters. The monoisotopic (exact) mass is 407 g/mol. The Hall–Kier alpha value is -2.65. The van der Waals surface area contributed by atoms with Gasteiger partial charge in [-0.1, -0.05) is 24.3 Å². The van der Waals surface area contributed by atoms with E-state index in [4.69, 9.17) is 4.74 Å². The van der Waals surface area contributed by atoms with Crippen LogP contribution in [0.1, 0.15) is 0 Å². The van der Waals surface area contributed by atoms with Crippen LogP contribution >= 0.6 is 0 Å². The van der Waals surface area contributed by atoms with Crippen molar-refractivity contribution in [1.29, 1.82) is 0 Å². The van der Waals surface area contributed by atoms with Crippen LogP contribution < -0.4 is 10.1 Å². The molecule has 7 nitrogen and oxygen atoms in total. The van der Waals surface area contributed by atoms with Crippen molar-refractivity contribution in [2.75, 3.05) is 45.2 Å². The van der Waals surface area contributed by atoms with Crippen LogP contribution in [-0.2, 0) is 14.8 Å². The molecule has 0 spiro atoms. The van der Waals surface area contributed by atoms with Gasteiger partial charge in [0.1, 0.15) is 16.5 Å². The maximum absolute atomic E-state index is 13.9. The summed E-state index contributed by atoms with van der Waals surface area (Å²) in [5.74, 6) is -0.285. The van der Waals surface area contributed by atoms with Gasteiger partial charge < -0.3 is 15.0 Å². The van der Waals surface area contributed by atoms with E-state index in [9.17, 15) is 17.6 Å². The number of carbonyl (C=O) groups excluding carboxylic acids is 1. The highest BCUT2D eigenvalue weighted by Gasteiger charge is 2.31. The molecule has 150 valence electrons. The molecular weight excluding hydrogens is 385 g/mol. The van der Waals surface area contributed by atoms with Gasteiger partial charge in [0.05, 0.1) is 19.3 Å². The first kappa shape index (κ1) is 20.1. The van der Waals surface area contributed by atoms with Crippen molar-refractivity contribution in [3.63, 3.8) is 0 Å². The lowest BCUT2D eigenvalue weighted by atomic mass is 10.3. The molecule has 9 heteroatoms.